The number of carbonyl (C=O) groups is 1. The van der Waals surface area contributed by atoms with Crippen LogP contribution in [0, 0.1) is 0 Å². The van der Waals surface area contributed by atoms with Crippen molar-refractivity contribution >= 4 is 37.4 Å². The number of rotatable bonds is 5. The third-order valence-electron chi connectivity index (χ3n) is 2.88. The number of carbonyl (C=O) groups excluding carboxylic acids is 1. The summed E-state index contributed by atoms with van der Waals surface area (Å²) in [6.45, 7) is 1.55. The monoisotopic (exact) mass is 367 g/mol. The molecule has 21 heavy (non-hydrogen) atoms. The largest absolute Gasteiger partial charge is 0.289 e. The van der Waals surface area contributed by atoms with Gasteiger partial charge in [-0.2, -0.15) is 0 Å². The Bertz CT molecular complexity index is 755. The van der Waals surface area contributed by atoms with E-state index < -0.39 is 10.0 Å². The summed E-state index contributed by atoms with van der Waals surface area (Å²) in [6, 6.07) is 13.5. The lowest BCUT2D eigenvalue weighted by atomic mass is 10.0. The summed E-state index contributed by atoms with van der Waals surface area (Å²) in [5.41, 5.74) is 1.38. The maximum atomic E-state index is 12.4. The van der Waals surface area contributed by atoms with Gasteiger partial charge >= 0.3 is 0 Å². The Kier molecular flexibility index (Phi) is 4.80. The van der Waals surface area contributed by atoms with E-state index in [9.17, 15) is 13.2 Å². The number of anilines is 1. The Balaban J connectivity index is 2.29. The summed E-state index contributed by atoms with van der Waals surface area (Å²) in [5.74, 6) is -0.169. The van der Waals surface area contributed by atoms with Gasteiger partial charge in [-0.25, -0.2) is 8.42 Å². The van der Waals surface area contributed by atoms with Crippen molar-refractivity contribution in [3.8, 4) is 0 Å². The Morgan fingerprint density at radius 1 is 1.10 bits per heavy atom. The van der Waals surface area contributed by atoms with Crippen LogP contribution >= 0.6 is 15.9 Å². The minimum absolute atomic E-state index is 0.0160. The molecule has 0 aliphatic heterocycles. The van der Waals surface area contributed by atoms with Gasteiger partial charge in [0.05, 0.1) is 5.75 Å². The van der Waals surface area contributed by atoms with Gasteiger partial charge in [-0.1, -0.05) is 28.1 Å². The van der Waals surface area contributed by atoms with Crippen molar-refractivity contribution in [2.45, 2.75) is 6.92 Å². The maximum absolute atomic E-state index is 12.4. The standard InChI is InChI=1S/C15H14BrNO3S/c1-2-21(19,20)17-14-5-3-4-12(10-14)15(18)11-6-8-13(16)9-7-11/h3-10,17H,2H2,1H3. The van der Waals surface area contributed by atoms with Crippen molar-refractivity contribution in [1.82, 2.24) is 0 Å². The van der Waals surface area contributed by atoms with E-state index in [2.05, 4.69) is 20.7 Å². The summed E-state index contributed by atoms with van der Waals surface area (Å²) >= 11 is 3.32. The normalized spacial score (nSPS) is 11.1. The molecule has 0 atom stereocenters. The second-order valence-electron chi connectivity index (χ2n) is 4.42. The van der Waals surface area contributed by atoms with Gasteiger partial charge in [0.15, 0.2) is 5.78 Å². The molecule has 0 saturated carbocycles. The first kappa shape index (κ1) is 15.7. The lowest BCUT2D eigenvalue weighted by Crippen LogP contribution is -2.15. The van der Waals surface area contributed by atoms with Crippen molar-refractivity contribution in [2.24, 2.45) is 0 Å². The molecule has 0 aromatic heterocycles. The van der Waals surface area contributed by atoms with Crippen LogP contribution in [0.15, 0.2) is 53.0 Å². The predicted octanol–water partition coefficient (Wildman–Crippen LogP) is 3.44. The average molecular weight is 368 g/mol. The molecular weight excluding hydrogens is 354 g/mol. The van der Waals surface area contributed by atoms with Crippen LogP contribution < -0.4 is 4.72 Å². The molecule has 4 nitrogen and oxygen atoms in total. The highest BCUT2D eigenvalue weighted by molar-refractivity contribution is 9.10. The van der Waals surface area contributed by atoms with E-state index in [0.717, 1.165) is 4.47 Å². The maximum Gasteiger partial charge on any atom is 0.232 e. The van der Waals surface area contributed by atoms with Crippen LogP contribution in [0.25, 0.3) is 0 Å². The Morgan fingerprint density at radius 3 is 2.38 bits per heavy atom. The zero-order chi connectivity index (χ0) is 15.5. The van der Waals surface area contributed by atoms with E-state index in [-0.39, 0.29) is 11.5 Å². The topological polar surface area (TPSA) is 63.2 Å². The van der Waals surface area contributed by atoms with Gasteiger partial charge in [0, 0.05) is 21.3 Å². The van der Waals surface area contributed by atoms with Gasteiger partial charge in [0.25, 0.3) is 0 Å². The van der Waals surface area contributed by atoms with E-state index in [1.165, 1.54) is 6.07 Å². The summed E-state index contributed by atoms with van der Waals surface area (Å²) in [6.07, 6.45) is 0. The summed E-state index contributed by atoms with van der Waals surface area (Å²) in [4.78, 5) is 12.4. The summed E-state index contributed by atoms with van der Waals surface area (Å²) in [5, 5.41) is 0. The summed E-state index contributed by atoms with van der Waals surface area (Å²) < 4.78 is 26.4. The average Bonchev–Trinajstić information content (AvgIpc) is 2.47. The van der Waals surface area contributed by atoms with Crippen molar-refractivity contribution in [1.29, 1.82) is 0 Å². The fourth-order valence-corrected chi connectivity index (χ4v) is 2.64. The second kappa shape index (κ2) is 6.41. The van der Waals surface area contributed by atoms with Crippen molar-refractivity contribution in [2.75, 3.05) is 10.5 Å². The van der Waals surface area contributed by atoms with Gasteiger partial charge < -0.3 is 0 Å². The molecule has 0 heterocycles. The molecule has 2 aromatic rings. The van der Waals surface area contributed by atoms with Crippen molar-refractivity contribution < 1.29 is 13.2 Å². The third kappa shape index (κ3) is 4.15. The van der Waals surface area contributed by atoms with E-state index in [4.69, 9.17) is 0 Å². The predicted molar refractivity (Wildman–Crippen MR) is 87.1 cm³/mol. The number of sulfonamides is 1. The van der Waals surface area contributed by atoms with Gasteiger partial charge in [-0.05, 0) is 43.3 Å². The Labute approximate surface area is 132 Å². The summed E-state index contributed by atoms with van der Waals surface area (Å²) in [7, 11) is -3.35. The Hall–Kier alpha value is -1.66. The molecule has 2 rings (SSSR count). The first-order valence-corrected chi connectivity index (χ1v) is 8.76. The van der Waals surface area contributed by atoms with Crippen LogP contribution in [-0.2, 0) is 10.0 Å². The van der Waals surface area contributed by atoms with Crippen molar-refractivity contribution in [3.63, 3.8) is 0 Å². The molecular formula is C15H14BrNO3S. The van der Waals surface area contributed by atoms with E-state index in [1.807, 2.05) is 0 Å². The SMILES string of the molecule is CCS(=O)(=O)Nc1cccc(C(=O)c2ccc(Br)cc2)c1. The second-order valence-corrected chi connectivity index (χ2v) is 7.35. The fraction of sp³-hybridized carbons (Fsp3) is 0.133. The fourth-order valence-electron chi connectivity index (χ4n) is 1.74. The smallest absolute Gasteiger partial charge is 0.232 e. The molecule has 0 unspecified atom stereocenters. The zero-order valence-electron chi connectivity index (χ0n) is 11.3. The first-order chi connectivity index (χ1) is 9.91. The van der Waals surface area contributed by atoms with Crippen LogP contribution in [0.5, 0.6) is 0 Å². The number of benzene rings is 2. The van der Waals surface area contributed by atoms with E-state index >= 15 is 0 Å². The molecule has 0 bridgehead atoms. The number of nitrogens with one attached hydrogen (secondary N) is 1. The Morgan fingerprint density at radius 2 is 1.76 bits per heavy atom. The first-order valence-electron chi connectivity index (χ1n) is 6.32. The van der Waals surface area contributed by atoms with Crippen LogP contribution in [0.3, 0.4) is 0 Å². The van der Waals surface area contributed by atoms with Crippen LogP contribution in [-0.4, -0.2) is 20.0 Å². The molecule has 0 saturated heterocycles. The highest BCUT2D eigenvalue weighted by atomic mass is 79.9. The molecule has 110 valence electrons. The highest BCUT2D eigenvalue weighted by Gasteiger charge is 2.11. The van der Waals surface area contributed by atoms with Gasteiger partial charge in [-0.3, -0.25) is 9.52 Å². The molecule has 1 N–H and O–H groups in total. The molecule has 0 aliphatic carbocycles. The van der Waals surface area contributed by atoms with Gasteiger partial charge in [0.1, 0.15) is 0 Å². The lowest BCUT2D eigenvalue weighted by Gasteiger charge is -2.08. The zero-order valence-corrected chi connectivity index (χ0v) is 13.7. The molecule has 0 spiro atoms. The number of hydrogen-bond donors (Lipinski definition) is 1. The van der Waals surface area contributed by atoms with Crippen LogP contribution in [0.4, 0.5) is 5.69 Å². The molecule has 0 radical (unpaired) electrons. The van der Waals surface area contributed by atoms with E-state index in [0.29, 0.717) is 16.8 Å². The quantitative estimate of drug-likeness (QED) is 0.823. The number of halogens is 1. The molecule has 0 fully saturated rings. The third-order valence-corrected chi connectivity index (χ3v) is 4.72. The molecule has 6 heteroatoms. The minimum atomic E-state index is -3.35. The van der Waals surface area contributed by atoms with Crippen LogP contribution in [0.1, 0.15) is 22.8 Å². The number of ketones is 1. The highest BCUT2D eigenvalue weighted by Crippen LogP contribution is 2.18. The van der Waals surface area contributed by atoms with Gasteiger partial charge in [0.2, 0.25) is 10.0 Å². The van der Waals surface area contributed by atoms with E-state index in [1.54, 1.807) is 49.4 Å². The van der Waals surface area contributed by atoms with Gasteiger partial charge in [-0.15, -0.1) is 0 Å². The lowest BCUT2D eigenvalue weighted by molar-refractivity contribution is 0.103. The minimum Gasteiger partial charge on any atom is -0.289 e. The number of hydrogen-bond acceptors (Lipinski definition) is 3. The molecule has 2 aromatic carbocycles. The molecule has 0 amide bonds. The molecule has 0 aliphatic rings. The van der Waals surface area contributed by atoms with Crippen molar-refractivity contribution in [3.05, 3.63) is 64.1 Å². The van der Waals surface area contributed by atoms with Crippen LogP contribution in [0.2, 0.25) is 0 Å².